The van der Waals surface area contributed by atoms with Crippen molar-refractivity contribution in [3.05, 3.63) is 70.9 Å². The van der Waals surface area contributed by atoms with Crippen molar-refractivity contribution in [1.82, 2.24) is 15.2 Å². The fourth-order valence-electron chi connectivity index (χ4n) is 3.73. The van der Waals surface area contributed by atoms with Gasteiger partial charge in [-0.2, -0.15) is 0 Å². The minimum absolute atomic E-state index is 0.00961. The minimum Gasteiger partial charge on any atom is -0.447 e. The quantitative estimate of drug-likeness (QED) is 0.500. The van der Waals surface area contributed by atoms with Crippen LogP contribution in [-0.2, 0) is 11.3 Å². The van der Waals surface area contributed by atoms with Gasteiger partial charge in [-0.3, -0.25) is 5.32 Å². The van der Waals surface area contributed by atoms with Gasteiger partial charge in [0, 0.05) is 24.7 Å². The highest BCUT2D eigenvalue weighted by Crippen LogP contribution is 2.22. The molecule has 0 radical (unpaired) electrons. The fourth-order valence-corrected chi connectivity index (χ4v) is 3.92. The molecule has 11 heteroatoms. The van der Waals surface area contributed by atoms with E-state index in [0.29, 0.717) is 22.8 Å². The number of fused-ring (bicyclic) bond motifs is 1. The van der Waals surface area contributed by atoms with E-state index in [4.69, 9.17) is 16.3 Å². The summed E-state index contributed by atoms with van der Waals surface area (Å²) in [6.45, 7) is -0.0228. The molecule has 1 aliphatic heterocycles. The van der Waals surface area contributed by atoms with Crippen LogP contribution >= 0.6 is 11.6 Å². The van der Waals surface area contributed by atoms with Gasteiger partial charge in [0.1, 0.15) is 24.1 Å². The predicted octanol–water partition coefficient (Wildman–Crippen LogP) is 4.06. The summed E-state index contributed by atoms with van der Waals surface area (Å²) in [5.41, 5.74) is 0.407. The second-order valence-electron chi connectivity index (χ2n) is 7.77. The first-order chi connectivity index (χ1) is 16.3. The molecule has 1 aromatic heterocycles. The highest BCUT2D eigenvalue weighted by molar-refractivity contribution is 6.31. The molecule has 0 aliphatic carbocycles. The van der Waals surface area contributed by atoms with Crippen molar-refractivity contribution in [2.24, 2.45) is 0 Å². The van der Waals surface area contributed by atoms with Crippen molar-refractivity contribution in [2.75, 3.05) is 18.5 Å². The van der Waals surface area contributed by atoms with Gasteiger partial charge in [-0.05, 0) is 47.7 Å². The van der Waals surface area contributed by atoms with Crippen LogP contribution in [0.5, 0.6) is 0 Å². The van der Waals surface area contributed by atoms with Gasteiger partial charge in [-0.15, -0.1) is 0 Å². The molecule has 0 saturated carbocycles. The van der Waals surface area contributed by atoms with E-state index in [2.05, 4.69) is 15.6 Å². The summed E-state index contributed by atoms with van der Waals surface area (Å²) in [5, 5.41) is 16.5. The lowest BCUT2D eigenvalue weighted by Gasteiger charge is -2.26. The van der Waals surface area contributed by atoms with E-state index in [0.717, 1.165) is 0 Å². The van der Waals surface area contributed by atoms with E-state index in [1.54, 1.807) is 12.1 Å². The molecule has 1 aliphatic rings. The Bertz CT molecular complexity index is 1230. The number of pyridine rings is 1. The third-order valence-electron chi connectivity index (χ3n) is 5.53. The molecule has 178 valence electrons. The Morgan fingerprint density at radius 1 is 1.21 bits per heavy atom. The molecule has 3 aromatic rings. The Balaban J connectivity index is 1.33. The number of carbonyl (C=O) groups is 2. The van der Waals surface area contributed by atoms with Crippen LogP contribution in [0.4, 0.5) is 24.2 Å². The molecule has 3 amide bonds. The van der Waals surface area contributed by atoms with E-state index in [1.165, 1.54) is 41.4 Å². The lowest BCUT2D eigenvalue weighted by Crippen LogP contribution is -2.47. The number of anilines is 1. The first-order valence-corrected chi connectivity index (χ1v) is 10.8. The molecular formula is C23H21ClF2N4O4. The maximum atomic E-state index is 13.6. The number of urea groups is 1. The molecule has 4 rings (SSSR count). The molecule has 34 heavy (non-hydrogen) atoms. The molecule has 1 saturated heterocycles. The lowest BCUT2D eigenvalue weighted by molar-refractivity contribution is 0.0699. The number of benzene rings is 2. The molecule has 2 heterocycles. The van der Waals surface area contributed by atoms with Crippen molar-refractivity contribution >= 4 is 40.3 Å². The van der Waals surface area contributed by atoms with Crippen molar-refractivity contribution in [1.29, 1.82) is 0 Å². The average molecular weight is 491 g/mol. The molecule has 2 aromatic carbocycles. The van der Waals surface area contributed by atoms with Gasteiger partial charge in [0.2, 0.25) is 0 Å². The maximum absolute atomic E-state index is 13.6. The maximum Gasteiger partial charge on any atom is 0.412 e. The van der Waals surface area contributed by atoms with Gasteiger partial charge in [0.25, 0.3) is 0 Å². The van der Waals surface area contributed by atoms with Crippen molar-refractivity contribution in [3.8, 4) is 0 Å². The van der Waals surface area contributed by atoms with Crippen molar-refractivity contribution < 1.29 is 28.2 Å². The highest BCUT2D eigenvalue weighted by atomic mass is 35.5. The number of halogens is 3. The van der Waals surface area contributed by atoms with E-state index >= 15 is 0 Å². The molecule has 0 spiro atoms. The number of likely N-dealkylation sites (tertiary alicyclic amines) is 1. The number of aliphatic hydroxyl groups excluding tert-OH is 1. The van der Waals surface area contributed by atoms with Crippen LogP contribution in [0.15, 0.2) is 48.7 Å². The normalized spacial score (nSPS) is 17.6. The van der Waals surface area contributed by atoms with Gasteiger partial charge >= 0.3 is 12.1 Å². The Hall–Kier alpha value is -3.50. The van der Waals surface area contributed by atoms with Crippen LogP contribution in [0, 0.1) is 11.6 Å². The lowest BCUT2D eigenvalue weighted by atomic mass is 10.2. The Kier molecular flexibility index (Phi) is 7.09. The molecule has 8 nitrogen and oxygen atoms in total. The number of ether oxygens (including phenoxy) is 1. The van der Waals surface area contributed by atoms with Crippen LogP contribution in [0.25, 0.3) is 10.8 Å². The Morgan fingerprint density at radius 3 is 2.85 bits per heavy atom. The molecule has 0 bridgehead atoms. The highest BCUT2D eigenvalue weighted by Gasteiger charge is 2.37. The van der Waals surface area contributed by atoms with E-state index < -0.39 is 35.9 Å². The molecule has 1 fully saturated rings. The first-order valence-electron chi connectivity index (χ1n) is 10.5. The number of aliphatic hydroxyl groups is 1. The SMILES string of the molecule is O=C(Nc1cc2cc(F)ccc2cn1)OC[C@@H]1[C@@H](O)CCN1C(=O)NCc1cccc(F)c1Cl. The number of aromatic nitrogens is 1. The third-order valence-corrected chi connectivity index (χ3v) is 5.96. The zero-order chi connectivity index (χ0) is 24.2. The van der Waals surface area contributed by atoms with Crippen LogP contribution in [0.3, 0.4) is 0 Å². The van der Waals surface area contributed by atoms with Gasteiger partial charge in [0.05, 0.1) is 17.2 Å². The van der Waals surface area contributed by atoms with Crippen molar-refractivity contribution in [2.45, 2.75) is 25.1 Å². The van der Waals surface area contributed by atoms with Crippen LogP contribution in [-0.4, -0.2) is 52.4 Å². The summed E-state index contributed by atoms with van der Waals surface area (Å²) in [7, 11) is 0. The van der Waals surface area contributed by atoms with Crippen LogP contribution < -0.4 is 10.6 Å². The fraction of sp³-hybridized carbons (Fsp3) is 0.261. The summed E-state index contributed by atoms with van der Waals surface area (Å²) in [5.74, 6) is -0.842. The third kappa shape index (κ3) is 5.35. The first kappa shape index (κ1) is 23.7. The topological polar surface area (TPSA) is 104 Å². The smallest absolute Gasteiger partial charge is 0.412 e. The molecular weight excluding hydrogens is 470 g/mol. The zero-order valence-electron chi connectivity index (χ0n) is 17.8. The summed E-state index contributed by atoms with van der Waals surface area (Å²) in [4.78, 5) is 30.3. The van der Waals surface area contributed by atoms with Crippen LogP contribution in [0.1, 0.15) is 12.0 Å². The number of amides is 3. The largest absolute Gasteiger partial charge is 0.447 e. The standard InChI is InChI=1S/C23H21ClF2N4O4/c24-21-14(2-1-3-17(21)26)11-28-22(32)30-7-6-19(31)18(30)12-34-23(33)29-20-9-15-8-16(25)5-4-13(15)10-27-20/h1-5,8-10,18-19,31H,6-7,11-12H2,(H,28,32)(H,27,29,33)/t18-,19+/m1/s1. The number of hydrogen-bond donors (Lipinski definition) is 3. The number of nitrogens with one attached hydrogen (secondary N) is 2. The number of hydrogen-bond acceptors (Lipinski definition) is 5. The minimum atomic E-state index is -0.891. The molecule has 0 unspecified atom stereocenters. The second-order valence-corrected chi connectivity index (χ2v) is 8.15. The van der Waals surface area contributed by atoms with Gasteiger partial charge < -0.3 is 20.1 Å². The van der Waals surface area contributed by atoms with Crippen LogP contribution in [0.2, 0.25) is 5.02 Å². The van der Waals surface area contributed by atoms with Gasteiger partial charge in [-0.25, -0.2) is 23.4 Å². The predicted molar refractivity (Wildman–Crippen MR) is 121 cm³/mol. The zero-order valence-corrected chi connectivity index (χ0v) is 18.6. The van der Waals surface area contributed by atoms with E-state index in [1.807, 2.05) is 0 Å². The molecule has 2 atom stereocenters. The Labute approximate surface area is 198 Å². The molecule has 3 N–H and O–H groups in total. The van der Waals surface area contributed by atoms with Crippen molar-refractivity contribution in [3.63, 3.8) is 0 Å². The Morgan fingerprint density at radius 2 is 2.03 bits per heavy atom. The number of carbonyl (C=O) groups excluding carboxylic acids is 2. The monoisotopic (exact) mass is 490 g/mol. The summed E-state index contributed by atoms with van der Waals surface area (Å²) in [6, 6.07) is 8.71. The summed E-state index contributed by atoms with van der Waals surface area (Å²) < 4.78 is 32.2. The van der Waals surface area contributed by atoms with Gasteiger partial charge in [0.15, 0.2) is 0 Å². The summed E-state index contributed by atoms with van der Waals surface area (Å²) in [6.07, 6.45) is 0.0659. The number of rotatable bonds is 5. The average Bonchev–Trinajstić information content (AvgIpc) is 3.18. The summed E-state index contributed by atoms with van der Waals surface area (Å²) >= 11 is 5.91. The van der Waals surface area contributed by atoms with E-state index in [9.17, 15) is 23.5 Å². The number of nitrogens with zero attached hydrogens (tertiary/aromatic N) is 2. The van der Waals surface area contributed by atoms with Gasteiger partial charge in [-0.1, -0.05) is 23.7 Å². The second kappa shape index (κ2) is 10.2. The van der Waals surface area contributed by atoms with E-state index in [-0.39, 0.29) is 30.5 Å².